The van der Waals surface area contributed by atoms with Crippen LogP contribution in [0.5, 0.6) is 0 Å². The number of carbonyl (C=O) groups is 1. The molecule has 4 aromatic heterocycles. The standard InChI is InChI=1S/C37H31N4O2/c42-37(43)32-5-6-35-26-40-19-11-30(12-20-40)28-7-15-38(16-8-28)24-33-3-1-2-4-34(33)25-39-17-9-29(10-18-39)31-13-21-41(22-14-31)27-36(35)23-32/h1-23H,24-27H2/q+3/p+1. The molecule has 0 aliphatic carbocycles. The van der Waals surface area contributed by atoms with E-state index < -0.39 is 5.97 Å². The first-order valence-electron chi connectivity index (χ1n) is 14.5. The van der Waals surface area contributed by atoms with Gasteiger partial charge >= 0.3 is 5.97 Å². The minimum atomic E-state index is -0.918. The lowest BCUT2D eigenvalue weighted by Crippen LogP contribution is -2.37. The zero-order chi connectivity index (χ0) is 29.2. The van der Waals surface area contributed by atoms with Gasteiger partial charge in [-0.15, -0.1) is 0 Å². The molecule has 7 aliphatic rings. The Morgan fingerprint density at radius 1 is 0.442 bits per heavy atom. The fourth-order valence-electron chi connectivity index (χ4n) is 5.73. The summed E-state index contributed by atoms with van der Waals surface area (Å²) in [5.41, 5.74) is 9.55. The summed E-state index contributed by atoms with van der Waals surface area (Å²) in [6.45, 7) is 2.82. The predicted octanol–water partition coefficient (Wildman–Crippen LogP) is 4.38. The quantitative estimate of drug-likeness (QED) is 0.301. The molecule has 1 N–H and O–H groups in total. The number of aromatic carboxylic acids is 1. The van der Waals surface area contributed by atoms with Gasteiger partial charge in [-0.1, -0.05) is 30.3 Å². The van der Waals surface area contributed by atoms with E-state index in [1.54, 1.807) is 12.1 Å². The maximum Gasteiger partial charge on any atom is 0.335 e. The minimum Gasteiger partial charge on any atom is -0.478 e. The number of nitrogens with zero attached hydrogens (tertiary/aromatic N) is 4. The molecule has 6 aromatic rings. The third-order valence-corrected chi connectivity index (χ3v) is 8.21. The zero-order valence-electron chi connectivity index (χ0n) is 23.8. The monoisotopic (exact) mass is 564 g/mol. The van der Waals surface area contributed by atoms with Crippen LogP contribution >= 0.6 is 0 Å². The molecule has 0 amide bonds. The van der Waals surface area contributed by atoms with Crippen molar-refractivity contribution in [2.45, 2.75) is 26.2 Å². The van der Waals surface area contributed by atoms with Crippen LogP contribution in [0.4, 0.5) is 0 Å². The van der Waals surface area contributed by atoms with Gasteiger partial charge in [-0.05, 0) is 34.4 Å². The van der Waals surface area contributed by atoms with Crippen LogP contribution in [0.25, 0.3) is 22.3 Å². The Morgan fingerprint density at radius 2 is 0.767 bits per heavy atom. The first-order valence-corrected chi connectivity index (χ1v) is 14.5. The van der Waals surface area contributed by atoms with Crippen molar-refractivity contribution in [3.8, 4) is 22.3 Å². The summed E-state index contributed by atoms with van der Waals surface area (Å²) in [4.78, 5) is 11.8. The van der Waals surface area contributed by atoms with Gasteiger partial charge in [0.1, 0.15) is 0 Å². The van der Waals surface area contributed by atoms with E-state index in [0.29, 0.717) is 18.7 Å². The largest absolute Gasteiger partial charge is 0.478 e. The minimum absolute atomic E-state index is 0.297. The number of rotatable bonds is 1. The lowest BCUT2D eigenvalue weighted by Gasteiger charge is -2.08. The second kappa shape index (κ2) is 11.4. The van der Waals surface area contributed by atoms with Crippen LogP contribution in [0.2, 0.25) is 0 Å². The lowest BCUT2D eigenvalue weighted by atomic mass is 10.0. The van der Waals surface area contributed by atoms with E-state index in [4.69, 9.17) is 0 Å². The highest BCUT2D eigenvalue weighted by atomic mass is 16.4. The Bertz CT molecular complexity index is 1920. The molecule has 7 aliphatic heterocycles. The van der Waals surface area contributed by atoms with Crippen LogP contribution < -0.4 is 18.3 Å². The van der Waals surface area contributed by atoms with Crippen molar-refractivity contribution in [1.82, 2.24) is 0 Å². The fraction of sp³-hybridized carbons (Fsp3) is 0.108. The van der Waals surface area contributed by atoms with E-state index >= 15 is 0 Å². The number of pyridine rings is 4. The van der Waals surface area contributed by atoms with Crippen molar-refractivity contribution in [2.24, 2.45) is 0 Å². The topological polar surface area (TPSA) is 52.8 Å². The van der Waals surface area contributed by atoms with E-state index in [1.165, 1.54) is 11.1 Å². The Morgan fingerprint density at radius 3 is 1.12 bits per heavy atom. The second-order valence-corrected chi connectivity index (χ2v) is 11.1. The molecule has 0 unspecified atom stereocenters. The Hall–Kier alpha value is -5.49. The van der Waals surface area contributed by atoms with Crippen molar-refractivity contribution in [3.05, 3.63) is 168 Å². The van der Waals surface area contributed by atoms with Crippen molar-refractivity contribution in [2.75, 3.05) is 0 Å². The molecule has 0 saturated carbocycles. The van der Waals surface area contributed by atoms with E-state index in [0.717, 1.165) is 46.5 Å². The van der Waals surface area contributed by atoms with E-state index in [-0.39, 0.29) is 0 Å². The second-order valence-electron chi connectivity index (χ2n) is 11.1. The predicted molar refractivity (Wildman–Crippen MR) is 161 cm³/mol. The smallest absolute Gasteiger partial charge is 0.335 e. The molecular formula is C37H32N4O2+4. The lowest BCUT2D eigenvalue weighted by molar-refractivity contribution is -0.693. The van der Waals surface area contributed by atoms with Crippen LogP contribution in [0.15, 0.2) is 141 Å². The molecule has 0 radical (unpaired) electrons. The van der Waals surface area contributed by atoms with E-state index in [1.807, 2.05) is 6.07 Å². The molecule has 0 fully saturated rings. The summed E-state index contributed by atoms with van der Waals surface area (Å²) < 4.78 is 8.68. The molecule has 2 aromatic carbocycles. The van der Waals surface area contributed by atoms with Gasteiger partial charge in [0.25, 0.3) is 0 Å². The molecule has 0 atom stereocenters. The van der Waals surface area contributed by atoms with Gasteiger partial charge < -0.3 is 5.11 Å². The highest BCUT2D eigenvalue weighted by Crippen LogP contribution is 2.19. The molecule has 11 heterocycles. The first-order chi connectivity index (χ1) is 21.1. The number of carboxylic acid groups (broad SMARTS) is 1. The molecule has 0 spiro atoms. The van der Waals surface area contributed by atoms with E-state index in [2.05, 4.69) is 141 Å². The first kappa shape index (κ1) is 26.4. The number of benzene rings is 2. The highest BCUT2D eigenvalue weighted by molar-refractivity contribution is 5.87. The zero-order valence-corrected chi connectivity index (χ0v) is 23.8. The molecule has 6 heteroatoms. The number of hydrogen-bond donors (Lipinski definition) is 1. The molecule has 43 heavy (non-hydrogen) atoms. The summed E-state index contributed by atoms with van der Waals surface area (Å²) in [6.07, 6.45) is 16.9. The Balaban J connectivity index is 1.29. The van der Waals surface area contributed by atoms with Crippen LogP contribution in [-0.2, 0) is 26.2 Å². The van der Waals surface area contributed by atoms with Crippen molar-refractivity contribution >= 4 is 5.97 Å². The molecule has 6 nitrogen and oxygen atoms in total. The number of aromatic nitrogens is 4. The summed E-state index contributed by atoms with van der Waals surface area (Å²) in [7, 11) is 0. The van der Waals surface area contributed by atoms with Gasteiger partial charge in [-0.2, -0.15) is 0 Å². The van der Waals surface area contributed by atoms with Gasteiger partial charge in [-0.25, -0.2) is 23.1 Å². The molecule has 208 valence electrons. The van der Waals surface area contributed by atoms with Crippen molar-refractivity contribution in [3.63, 3.8) is 0 Å². The van der Waals surface area contributed by atoms with Gasteiger partial charge in [-0.3, -0.25) is 0 Å². The van der Waals surface area contributed by atoms with Gasteiger partial charge in [0.15, 0.2) is 75.8 Å². The van der Waals surface area contributed by atoms with Crippen molar-refractivity contribution in [1.29, 1.82) is 0 Å². The molecular weight excluding hydrogens is 532 g/mol. The average Bonchev–Trinajstić information content (AvgIpc) is 3.04. The maximum absolute atomic E-state index is 11.8. The fourth-order valence-corrected chi connectivity index (χ4v) is 5.73. The van der Waals surface area contributed by atoms with Gasteiger partial charge in [0, 0.05) is 70.8 Å². The molecule has 13 rings (SSSR count). The van der Waals surface area contributed by atoms with Crippen LogP contribution in [0.1, 0.15) is 32.6 Å². The van der Waals surface area contributed by atoms with Gasteiger partial charge in [0.2, 0.25) is 0 Å². The number of carboxylic acids is 1. The number of hydrogen-bond acceptors (Lipinski definition) is 1. The molecule has 8 bridgehead atoms. The van der Waals surface area contributed by atoms with Crippen LogP contribution in [-0.4, -0.2) is 11.1 Å². The SMILES string of the molecule is O=C(O)c1ccc2c(c1)C[n+]1ccc(cc1)-c1cc[n+](cc1)Cc1ccccc1C[n+]1ccc(cc1)-c1cc[n+](cc1)C2. The Labute approximate surface area is 250 Å². The summed E-state index contributed by atoms with van der Waals surface area (Å²) in [5, 5.41) is 9.66. The normalized spacial score (nSPS) is 12.5. The third-order valence-electron chi connectivity index (χ3n) is 8.21. The average molecular weight is 565 g/mol. The van der Waals surface area contributed by atoms with E-state index in [9.17, 15) is 9.90 Å². The molecule has 0 saturated heterocycles. The summed E-state index contributed by atoms with van der Waals surface area (Å²) >= 11 is 0. The van der Waals surface area contributed by atoms with Gasteiger partial charge in [0.05, 0.1) is 5.56 Å². The third kappa shape index (κ3) is 5.81. The Kier molecular flexibility index (Phi) is 7.01. The summed E-state index contributed by atoms with van der Waals surface area (Å²) in [6, 6.07) is 31.2. The maximum atomic E-state index is 11.8. The van der Waals surface area contributed by atoms with Crippen molar-refractivity contribution < 1.29 is 28.2 Å². The van der Waals surface area contributed by atoms with Crippen LogP contribution in [0, 0.1) is 0 Å². The highest BCUT2D eigenvalue weighted by Gasteiger charge is 2.17. The van der Waals surface area contributed by atoms with Crippen LogP contribution in [0.3, 0.4) is 0 Å². The summed E-state index contributed by atoms with van der Waals surface area (Å²) in [5.74, 6) is -0.918.